The van der Waals surface area contributed by atoms with E-state index in [0.29, 0.717) is 12.8 Å². The smallest absolute Gasteiger partial charge is 0.277 e. The second-order valence-electron chi connectivity index (χ2n) is 4.69. The second-order valence-corrected chi connectivity index (χ2v) is 4.69. The van der Waals surface area contributed by atoms with Crippen LogP contribution in [0.2, 0.25) is 0 Å². The van der Waals surface area contributed by atoms with Gasteiger partial charge in [-0.1, -0.05) is 26.0 Å². The fraction of sp³-hybridized carbons (Fsp3) is 0.583. The predicted octanol–water partition coefficient (Wildman–Crippen LogP) is 1.35. The van der Waals surface area contributed by atoms with Crippen molar-refractivity contribution < 1.29 is 14.4 Å². The number of barbiturate groups is 1. The van der Waals surface area contributed by atoms with E-state index in [1.807, 2.05) is 20.8 Å². The van der Waals surface area contributed by atoms with Crippen molar-refractivity contribution in [3.8, 4) is 0 Å². The molecule has 5 heteroatoms. The van der Waals surface area contributed by atoms with Gasteiger partial charge in [0.1, 0.15) is 5.41 Å². The van der Waals surface area contributed by atoms with Crippen molar-refractivity contribution in [2.45, 2.75) is 33.6 Å². The van der Waals surface area contributed by atoms with Crippen LogP contribution >= 0.6 is 0 Å². The van der Waals surface area contributed by atoms with Gasteiger partial charge >= 0.3 is 6.03 Å². The van der Waals surface area contributed by atoms with Gasteiger partial charge in [0.25, 0.3) is 0 Å². The van der Waals surface area contributed by atoms with Gasteiger partial charge in [-0.15, -0.1) is 0 Å². The molecule has 1 heterocycles. The van der Waals surface area contributed by atoms with Crippen LogP contribution in [-0.2, 0) is 9.59 Å². The van der Waals surface area contributed by atoms with Gasteiger partial charge in [-0.3, -0.25) is 20.2 Å². The molecule has 1 aliphatic heterocycles. The van der Waals surface area contributed by atoms with E-state index in [9.17, 15) is 14.4 Å². The fourth-order valence-corrected chi connectivity index (χ4v) is 2.05. The molecule has 0 unspecified atom stereocenters. The lowest BCUT2D eigenvalue weighted by molar-refractivity contribution is -0.145. The third kappa shape index (κ3) is 2.72. The number of rotatable bonds is 4. The number of amides is 4. The summed E-state index contributed by atoms with van der Waals surface area (Å²) >= 11 is 0. The summed E-state index contributed by atoms with van der Waals surface area (Å²) in [6.45, 7) is 5.70. The number of imide groups is 2. The fourth-order valence-electron chi connectivity index (χ4n) is 2.05. The molecule has 5 nitrogen and oxygen atoms in total. The summed E-state index contributed by atoms with van der Waals surface area (Å²) in [7, 11) is 0. The van der Waals surface area contributed by atoms with E-state index in [1.165, 1.54) is 0 Å². The summed E-state index contributed by atoms with van der Waals surface area (Å²) in [4.78, 5) is 35.0. The molecule has 0 aromatic heterocycles. The molecule has 17 heavy (non-hydrogen) atoms. The summed E-state index contributed by atoms with van der Waals surface area (Å²) in [5, 5.41) is 4.34. The first-order valence-corrected chi connectivity index (χ1v) is 5.70. The Balaban J connectivity index is 3.05. The maximum Gasteiger partial charge on any atom is 0.328 e. The largest absolute Gasteiger partial charge is 0.328 e. The minimum atomic E-state index is -1.16. The molecule has 1 rings (SSSR count). The highest BCUT2D eigenvalue weighted by Gasteiger charge is 2.49. The molecule has 4 amide bonds. The summed E-state index contributed by atoms with van der Waals surface area (Å²) in [5.41, 5.74) is -1.16. The Labute approximate surface area is 101 Å². The van der Waals surface area contributed by atoms with Crippen LogP contribution in [-0.4, -0.2) is 17.8 Å². The van der Waals surface area contributed by atoms with Gasteiger partial charge in [0.2, 0.25) is 11.8 Å². The first-order valence-electron chi connectivity index (χ1n) is 5.70. The SMILES string of the molecule is C/C=C/CC1(CC(C)C)C(=O)NC(=O)NC1=O. The monoisotopic (exact) mass is 238 g/mol. The molecule has 1 saturated heterocycles. The van der Waals surface area contributed by atoms with Crippen LogP contribution in [0, 0.1) is 11.3 Å². The van der Waals surface area contributed by atoms with E-state index in [4.69, 9.17) is 0 Å². The molecule has 1 aliphatic rings. The Morgan fingerprint density at radius 2 is 1.71 bits per heavy atom. The van der Waals surface area contributed by atoms with Crippen molar-refractivity contribution in [2.75, 3.05) is 0 Å². The molecular weight excluding hydrogens is 220 g/mol. The van der Waals surface area contributed by atoms with Crippen LogP contribution in [0.5, 0.6) is 0 Å². The van der Waals surface area contributed by atoms with Crippen molar-refractivity contribution in [3.63, 3.8) is 0 Å². The van der Waals surface area contributed by atoms with E-state index in [-0.39, 0.29) is 5.92 Å². The molecule has 0 saturated carbocycles. The number of allylic oxidation sites excluding steroid dienone is 2. The number of carbonyl (C=O) groups excluding carboxylic acids is 3. The van der Waals surface area contributed by atoms with Crippen LogP contribution in [0.3, 0.4) is 0 Å². The van der Waals surface area contributed by atoms with Crippen LogP contribution in [0.1, 0.15) is 33.6 Å². The Morgan fingerprint density at radius 3 is 2.12 bits per heavy atom. The third-order valence-corrected chi connectivity index (χ3v) is 2.78. The van der Waals surface area contributed by atoms with Crippen molar-refractivity contribution in [1.82, 2.24) is 10.6 Å². The van der Waals surface area contributed by atoms with E-state index >= 15 is 0 Å². The number of carbonyl (C=O) groups is 3. The molecule has 0 bridgehead atoms. The van der Waals surface area contributed by atoms with E-state index < -0.39 is 23.3 Å². The quantitative estimate of drug-likeness (QED) is 0.573. The van der Waals surface area contributed by atoms with Crippen LogP contribution in [0.15, 0.2) is 12.2 Å². The lowest BCUT2D eigenvalue weighted by atomic mass is 9.74. The van der Waals surface area contributed by atoms with Crippen LogP contribution in [0.4, 0.5) is 4.79 Å². The van der Waals surface area contributed by atoms with Crippen molar-refractivity contribution >= 4 is 17.8 Å². The van der Waals surface area contributed by atoms with Gasteiger partial charge < -0.3 is 0 Å². The number of nitrogens with one attached hydrogen (secondary N) is 2. The molecular formula is C12H18N2O3. The van der Waals surface area contributed by atoms with E-state index in [2.05, 4.69) is 10.6 Å². The Kier molecular flexibility index (Phi) is 4.04. The zero-order valence-corrected chi connectivity index (χ0v) is 10.4. The summed E-state index contributed by atoms with van der Waals surface area (Å²) in [6, 6.07) is -0.736. The summed E-state index contributed by atoms with van der Waals surface area (Å²) in [6.07, 6.45) is 4.30. The molecule has 0 spiro atoms. The predicted molar refractivity (Wildman–Crippen MR) is 63.0 cm³/mol. The normalized spacial score (nSPS) is 19.6. The molecule has 94 valence electrons. The highest BCUT2D eigenvalue weighted by molar-refractivity contribution is 6.19. The molecule has 0 aromatic rings. The Bertz CT molecular complexity index is 352. The third-order valence-electron chi connectivity index (χ3n) is 2.78. The van der Waals surface area contributed by atoms with Gasteiger partial charge in [0.05, 0.1) is 0 Å². The molecule has 0 radical (unpaired) electrons. The maximum absolute atomic E-state index is 12.0. The lowest BCUT2D eigenvalue weighted by Gasteiger charge is -2.34. The second kappa shape index (κ2) is 5.12. The zero-order valence-electron chi connectivity index (χ0n) is 10.4. The number of hydrogen-bond acceptors (Lipinski definition) is 3. The first kappa shape index (κ1) is 13.4. The average Bonchev–Trinajstić information content (AvgIpc) is 2.21. The highest BCUT2D eigenvalue weighted by Crippen LogP contribution is 2.33. The summed E-state index contributed by atoms with van der Waals surface area (Å²) in [5.74, 6) is -0.818. The first-order chi connectivity index (χ1) is 7.92. The van der Waals surface area contributed by atoms with Crippen LogP contribution in [0.25, 0.3) is 0 Å². The molecule has 2 N–H and O–H groups in total. The molecule has 0 aromatic carbocycles. The Morgan fingerprint density at radius 1 is 1.18 bits per heavy atom. The van der Waals surface area contributed by atoms with Crippen LogP contribution < -0.4 is 10.6 Å². The van der Waals surface area contributed by atoms with Gasteiger partial charge in [0, 0.05) is 0 Å². The molecule has 1 fully saturated rings. The molecule has 0 atom stereocenters. The van der Waals surface area contributed by atoms with Gasteiger partial charge in [-0.2, -0.15) is 0 Å². The number of urea groups is 1. The molecule has 0 aliphatic carbocycles. The van der Waals surface area contributed by atoms with Crippen molar-refractivity contribution in [1.29, 1.82) is 0 Å². The minimum Gasteiger partial charge on any atom is -0.277 e. The topological polar surface area (TPSA) is 75.3 Å². The Hall–Kier alpha value is -1.65. The standard InChI is InChI=1S/C12H18N2O3/c1-4-5-6-12(7-8(2)3)9(15)13-11(17)14-10(12)16/h4-5,8H,6-7H2,1-3H3,(H2,13,14,15,16,17)/b5-4+. The van der Waals surface area contributed by atoms with Gasteiger partial charge in [0.15, 0.2) is 0 Å². The van der Waals surface area contributed by atoms with Crippen molar-refractivity contribution in [3.05, 3.63) is 12.2 Å². The summed E-state index contributed by atoms with van der Waals surface area (Å²) < 4.78 is 0. The minimum absolute atomic E-state index is 0.185. The van der Waals surface area contributed by atoms with Gasteiger partial charge in [-0.25, -0.2) is 4.79 Å². The van der Waals surface area contributed by atoms with E-state index in [1.54, 1.807) is 12.2 Å². The zero-order chi connectivity index (χ0) is 13.1. The number of hydrogen-bond donors (Lipinski definition) is 2. The maximum atomic E-state index is 12.0. The average molecular weight is 238 g/mol. The van der Waals surface area contributed by atoms with Gasteiger partial charge in [-0.05, 0) is 25.7 Å². The van der Waals surface area contributed by atoms with Crippen molar-refractivity contribution in [2.24, 2.45) is 11.3 Å². The van der Waals surface area contributed by atoms with E-state index in [0.717, 1.165) is 0 Å². The lowest BCUT2D eigenvalue weighted by Crippen LogP contribution is -2.62. The highest BCUT2D eigenvalue weighted by atomic mass is 16.2.